The van der Waals surface area contributed by atoms with Crippen molar-refractivity contribution in [2.75, 3.05) is 20.8 Å². The molecule has 0 spiro atoms. The first-order chi connectivity index (χ1) is 12.2. The van der Waals surface area contributed by atoms with Gasteiger partial charge in [0.15, 0.2) is 5.82 Å². The number of hydrogen-bond donors (Lipinski definition) is 1. The number of carbonyl (C=O) groups is 1. The minimum absolute atomic E-state index is 0.128. The van der Waals surface area contributed by atoms with Gasteiger partial charge in [0.2, 0.25) is 0 Å². The number of nitrogens with zero attached hydrogens (tertiary/aromatic N) is 3. The van der Waals surface area contributed by atoms with Crippen LogP contribution in [0.4, 0.5) is 0 Å². The summed E-state index contributed by atoms with van der Waals surface area (Å²) in [4.78, 5) is 24.2. The minimum Gasteiger partial charge on any atom is -0.494 e. The van der Waals surface area contributed by atoms with Crippen LogP contribution in [-0.4, -0.2) is 41.7 Å². The fourth-order valence-electron chi connectivity index (χ4n) is 1.94. The maximum atomic E-state index is 12.2. The molecule has 134 valence electrons. The lowest BCUT2D eigenvalue weighted by Gasteiger charge is -2.08. The van der Waals surface area contributed by atoms with E-state index in [4.69, 9.17) is 14.2 Å². The van der Waals surface area contributed by atoms with Crippen molar-refractivity contribution in [3.8, 4) is 17.8 Å². The van der Waals surface area contributed by atoms with Gasteiger partial charge in [-0.3, -0.25) is 4.79 Å². The van der Waals surface area contributed by atoms with Crippen LogP contribution in [-0.2, 0) is 6.54 Å². The first kappa shape index (κ1) is 18.4. The second-order valence-corrected chi connectivity index (χ2v) is 5.13. The summed E-state index contributed by atoms with van der Waals surface area (Å²) in [5.74, 6) is 0.854. The van der Waals surface area contributed by atoms with Crippen LogP contribution in [0, 0.1) is 0 Å². The Kier molecular flexibility index (Phi) is 6.94. The highest BCUT2D eigenvalue weighted by Gasteiger charge is 2.10. The third-order valence-electron chi connectivity index (χ3n) is 3.30. The zero-order chi connectivity index (χ0) is 18.1. The van der Waals surface area contributed by atoms with E-state index in [1.807, 2.05) is 0 Å². The van der Waals surface area contributed by atoms with Crippen molar-refractivity contribution in [3.05, 3.63) is 35.7 Å². The van der Waals surface area contributed by atoms with E-state index in [9.17, 15) is 4.79 Å². The molecule has 2 aromatic rings. The van der Waals surface area contributed by atoms with Gasteiger partial charge in [-0.05, 0) is 30.7 Å². The van der Waals surface area contributed by atoms with E-state index < -0.39 is 0 Å². The van der Waals surface area contributed by atoms with E-state index in [0.29, 0.717) is 18.0 Å². The molecule has 1 N–H and O–H groups in total. The molecule has 1 heterocycles. The van der Waals surface area contributed by atoms with E-state index in [2.05, 4.69) is 27.2 Å². The van der Waals surface area contributed by atoms with Crippen LogP contribution in [0.25, 0.3) is 0 Å². The monoisotopic (exact) mass is 346 g/mol. The average molecular weight is 346 g/mol. The van der Waals surface area contributed by atoms with E-state index in [0.717, 1.165) is 18.6 Å². The summed E-state index contributed by atoms with van der Waals surface area (Å²) in [6.45, 7) is 2.91. The van der Waals surface area contributed by atoms with Gasteiger partial charge in [-0.15, -0.1) is 4.98 Å². The Labute approximate surface area is 146 Å². The molecule has 1 amide bonds. The molecule has 0 unspecified atom stereocenters. The fourth-order valence-corrected chi connectivity index (χ4v) is 1.94. The van der Waals surface area contributed by atoms with Gasteiger partial charge >= 0.3 is 12.0 Å². The Morgan fingerprint density at radius 3 is 2.24 bits per heavy atom. The van der Waals surface area contributed by atoms with E-state index in [1.165, 1.54) is 14.2 Å². The second kappa shape index (κ2) is 9.41. The van der Waals surface area contributed by atoms with Crippen LogP contribution in [0.3, 0.4) is 0 Å². The molecule has 1 aromatic heterocycles. The molecule has 0 fully saturated rings. The molecule has 2 rings (SSSR count). The highest BCUT2D eigenvalue weighted by atomic mass is 16.5. The van der Waals surface area contributed by atoms with Crippen LogP contribution in [0.2, 0.25) is 0 Å². The molecule has 8 heteroatoms. The molecule has 1 aromatic carbocycles. The van der Waals surface area contributed by atoms with Crippen molar-refractivity contribution in [1.82, 2.24) is 20.3 Å². The highest BCUT2D eigenvalue weighted by molar-refractivity contribution is 5.94. The van der Waals surface area contributed by atoms with Crippen molar-refractivity contribution < 1.29 is 19.0 Å². The highest BCUT2D eigenvalue weighted by Crippen LogP contribution is 2.13. The molecule has 8 nitrogen and oxygen atoms in total. The lowest BCUT2D eigenvalue weighted by Crippen LogP contribution is -2.24. The summed E-state index contributed by atoms with van der Waals surface area (Å²) in [6, 6.07) is 7.24. The van der Waals surface area contributed by atoms with Crippen LogP contribution < -0.4 is 19.5 Å². The Hall–Kier alpha value is -2.90. The molecule has 0 atom stereocenters. The van der Waals surface area contributed by atoms with Crippen molar-refractivity contribution in [1.29, 1.82) is 0 Å². The number of hydrogen-bond acceptors (Lipinski definition) is 7. The zero-order valence-corrected chi connectivity index (χ0v) is 14.6. The molecular weight excluding hydrogens is 324 g/mol. The van der Waals surface area contributed by atoms with Crippen LogP contribution in [0.15, 0.2) is 24.3 Å². The van der Waals surface area contributed by atoms with Gasteiger partial charge in [-0.2, -0.15) is 9.97 Å². The third kappa shape index (κ3) is 5.59. The maximum Gasteiger partial charge on any atom is 0.322 e. The molecular formula is C17H22N4O4. The van der Waals surface area contributed by atoms with E-state index >= 15 is 0 Å². The molecule has 0 saturated heterocycles. The number of methoxy groups -OCH3 is 2. The second-order valence-electron chi connectivity index (χ2n) is 5.13. The Bertz CT molecular complexity index is 669. The largest absolute Gasteiger partial charge is 0.494 e. The number of rotatable bonds is 9. The standard InChI is InChI=1S/C17H22N4O4/c1-4-5-10-25-13-8-6-12(7-9-13)15(22)18-11-14-19-16(23-2)21-17(20-14)24-3/h6-9H,4-5,10-11H2,1-3H3,(H,18,22). The summed E-state index contributed by atoms with van der Waals surface area (Å²) in [5, 5.41) is 2.75. The SMILES string of the molecule is CCCCOc1ccc(C(=O)NCc2nc(OC)nc(OC)n2)cc1. The van der Waals surface area contributed by atoms with E-state index in [-0.39, 0.29) is 24.5 Å². The quantitative estimate of drug-likeness (QED) is 0.694. The van der Waals surface area contributed by atoms with Crippen LogP contribution in [0.1, 0.15) is 35.9 Å². The van der Waals surface area contributed by atoms with Gasteiger partial charge in [-0.1, -0.05) is 13.3 Å². The molecule has 0 aliphatic heterocycles. The number of ether oxygens (including phenoxy) is 3. The van der Waals surface area contributed by atoms with Crippen LogP contribution >= 0.6 is 0 Å². The Morgan fingerprint density at radius 2 is 1.68 bits per heavy atom. The number of aromatic nitrogens is 3. The molecule has 25 heavy (non-hydrogen) atoms. The summed E-state index contributed by atoms with van der Waals surface area (Å²) in [7, 11) is 2.89. The van der Waals surface area contributed by atoms with Gasteiger partial charge in [0.25, 0.3) is 5.91 Å². The lowest BCUT2D eigenvalue weighted by atomic mass is 10.2. The van der Waals surface area contributed by atoms with Gasteiger partial charge in [0, 0.05) is 5.56 Å². The maximum absolute atomic E-state index is 12.2. The van der Waals surface area contributed by atoms with Crippen molar-refractivity contribution >= 4 is 5.91 Å². The molecule has 0 saturated carbocycles. The first-order valence-corrected chi connectivity index (χ1v) is 8.00. The predicted molar refractivity (Wildman–Crippen MR) is 90.9 cm³/mol. The predicted octanol–water partition coefficient (Wildman–Crippen LogP) is 2.00. The topological polar surface area (TPSA) is 95.5 Å². The number of benzene rings is 1. The van der Waals surface area contributed by atoms with Crippen molar-refractivity contribution in [2.45, 2.75) is 26.3 Å². The van der Waals surface area contributed by atoms with Gasteiger partial charge in [0.05, 0.1) is 27.4 Å². The summed E-state index contributed by atoms with van der Waals surface area (Å²) < 4.78 is 15.5. The summed E-state index contributed by atoms with van der Waals surface area (Å²) in [5.41, 5.74) is 0.524. The van der Waals surface area contributed by atoms with Crippen LogP contribution in [0.5, 0.6) is 17.8 Å². The fraction of sp³-hybridized carbons (Fsp3) is 0.412. The average Bonchev–Trinajstić information content (AvgIpc) is 2.66. The molecule has 0 bridgehead atoms. The number of carbonyl (C=O) groups excluding carboxylic acids is 1. The van der Waals surface area contributed by atoms with Crippen molar-refractivity contribution in [2.24, 2.45) is 0 Å². The number of unbranched alkanes of at least 4 members (excludes halogenated alkanes) is 1. The number of nitrogens with one attached hydrogen (secondary N) is 1. The van der Waals surface area contributed by atoms with Gasteiger partial charge in [0.1, 0.15) is 5.75 Å². The number of amides is 1. The zero-order valence-electron chi connectivity index (χ0n) is 14.6. The first-order valence-electron chi connectivity index (χ1n) is 8.00. The summed E-state index contributed by atoms with van der Waals surface area (Å²) in [6.07, 6.45) is 2.08. The van der Waals surface area contributed by atoms with Crippen molar-refractivity contribution in [3.63, 3.8) is 0 Å². The lowest BCUT2D eigenvalue weighted by molar-refractivity contribution is 0.0949. The molecule has 0 aliphatic carbocycles. The van der Waals surface area contributed by atoms with E-state index in [1.54, 1.807) is 24.3 Å². The Morgan fingerprint density at radius 1 is 1.04 bits per heavy atom. The molecule has 0 aliphatic rings. The van der Waals surface area contributed by atoms with Gasteiger partial charge in [-0.25, -0.2) is 0 Å². The normalized spacial score (nSPS) is 10.2. The molecule has 0 radical (unpaired) electrons. The minimum atomic E-state index is -0.238. The van der Waals surface area contributed by atoms with Gasteiger partial charge < -0.3 is 19.5 Å². The smallest absolute Gasteiger partial charge is 0.322 e. The third-order valence-corrected chi connectivity index (χ3v) is 3.30. The summed E-state index contributed by atoms with van der Waals surface area (Å²) >= 11 is 0. The Balaban J connectivity index is 1.93.